The third-order valence-corrected chi connectivity index (χ3v) is 4.25. The Balaban J connectivity index is 2.44. The van der Waals surface area contributed by atoms with Gasteiger partial charge in [-0.1, -0.05) is 35.9 Å². The van der Waals surface area contributed by atoms with E-state index in [0.717, 1.165) is 10.8 Å². The van der Waals surface area contributed by atoms with Crippen LogP contribution in [0.25, 0.3) is 10.8 Å². The maximum Gasteiger partial charge on any atom is 0.253 e. The number of nitrogens with one attached hydrogen (secondary N) is 1. The molecule has 0 saturated heterocycles. The lowest BCUT2D eigenvalue weighted by Crippen LogP contribution is -2.57. The fraction of sp³-hybridized carbons (Fsp3) is 0.375. The summed E-state index contributed by atoms with van der Waals surface area (Å²) in [7, 11) is 0. The van der Waals surface area contributed by atoms with Crippen LogP contribution in [0.5, 0.6) is 0 Å². The fourth-order valence-electron chi connectivity index (χ4n) is 1.84. The molecule has 0 aliphatic heterocycles. The molecule has 5 heteroatoms. The van der Waals surface area contributed by atoms with E-state index in [4.69, 9.17) is 11.6 Å². The van der Waals surface area contributed by atoms with E-state index in [-0.39, 0.29) is 5.91 Å². The van der Waals surface area contributed by atoms with E-state index in [9.17, 15) is 9.90 Å². The zero-order chi connectivity index (χ0) is 15.8. The maximum absolute atomic E-state index is 12.5. The first-order valence-electron chi connectivity index (χ1n) is 6.71. The number of pyridine rings is 1. The van der Waals surface area contributed by atoms with Crippen molar-refractivity contribution in [2.45, 2.75) is 38.8 Å². The highest BCUT2D eigenvalue weighted by molar-refractivity contribution is 6.34. The molecular weight excluding hydrogens is 288 g/mol. The molecular formula is C16H19ClN2O2. The lowest BCUT2D eigenvalue weighted by Gasteiger charge is -2.38. The van der Waals surface area contributed by atoms with Crippen LogP contribution in [-0.4, -0.2) is 27.1 Å². The highest BCUT2D eigenvalue weighted by atomic mass is 35.5. The van der Waals surface area contributed by atoms with Gasteiger partial charge in [0.1, 0.15) is 5.15 Å². The molecule has 0 saturated carbocycles. The molecule has 0 spiro atoms. The lowest BCUT2D eigenvalue weighted by atomic mass is 9.85. The molecule has 0 radical (unpaired) electrons. The van der Waals surface area contributed by atoms with Crippen LogP contribution in [0.4, 0.5) is 0 Å². The highest BCUT2D eigenvalue weighted by Gasteiger charge is 2.36. The normalized spacial score (nSPS) is 12.5. The Bertz CT molecular complexity index is 690. The summed E-state index contributed by atoms with van der Waals surface area (Å²) in [6.07, 6.45) is 1.46. The molecule has 0 fully saturated rings. The number of hydrogen-bond donors (Lipinski definition) is 2. The first-order chi connectivity index (χ1) is 9.63. The minimum Gasteiger partial charge on any atom is -0.388 e. The summed E-state index contributed by atoms with van der Waals surface area (Å²) in [5, 5.41) is 14.8. The van der Waals surface area contributed by atoms with Crippen molar-refractivity contribution in [3.63, 3.8) is 0 Å². The number of halogens is 1. The summed E-state index contributed by atoms with van der Waals surface area (Å²) in [6.45, 7) is 6.86. The van der Waals surface area contributed by atoms with Gasteiger partial charge in [0.25, 0.3) is 5.91 Å². The van der Waals surface area contributed by atoms with Gasteiger partial charge in [0.05, 0.1) is 16.7 Å². The van der Waals surface area contributed by atoms with E-state index in [1.807, 2.05) is 24.3 Å². The van der Waals surface area contributed by atoms with Crippen LogP contribution in [0, 0.1) is 0 Å². The quantitative estimate of drug-likeness (QED) is 0.856. The summed E-state index contributed by atoms with van der Waals surface area (Å²) in [5.74, 6) is -0.289. The summed E-state index contributed by atoms with van der Waals surface area (Å²) >= 11 is 6.06. The number of hydrogen-bond acceptors (Lipinski definition) is 3. The Labute approximate surface area is 129 Å². The summed E-state index contributed by atoms with van der Waals surface area (Å²) < 4.78 is 0. The molecule has 1 aromatic heterocycles. The topological polar surface area (TPSA) is 62.2 Å². The Morgan fingerprint density at radius 1 is 1.19 bits per heavy atom. The van der Waals surface area contributed by atoms with E-state index in [2.05, 4.69) is 10.3 Å². The van der Waals surface area contributed by atoms with Crippen molar-refractivity contribution in [3.8, 4) is 0 Å². The Hall–Kier alpha value is -1.65. The van der Waals surface area contributed by atoms with Crippen LogP contribution >= 0.6 is 11.6 Å². The number of rotatable bonds is 3. The minimum absolute atomic E-state index is 0.289. The predicted octanol–water partition coefficient (Wildman–Crippen LogP) is 3.17. The molecule has 0 aliphatic rings. The number of nitrogens with zero attached hydrogens (tertiary/aromatic N) is 1. The van der Waals surface area contributed by atoms with E-state index >= 15 is 0 Å². The van der Waals surface area contributed by atoms with Crippen molar-refractivity contribution < 1.29 is 9.90 Å². The van der Waals surface area contributed by atoms with Crippen LogP contribution in [0.2, 0.25) is 5.15 Å². The van der Waals surface area contributed by atoms with Crippen molar-refractivity contribution in [1.29, 1.82) is 0 Å². The van der Waals surface area contributed by atoms with Crippen LogP contribution < -0.4 is 5.32 Å². The second kappa shape index (κ2) is 5.28. The average Bonchev–Trinajstić information content (AvgIpc) is 2.37. The molecule has 2 N–H and O–H groups in total. The molecule has 1 aromatic carbocycles. The Morgan fingerprint density at radius 2 is 1.76 bits per heavy atom. The van der Waals surface area contributed by atoms with Crippen molar-refractivity contribution in [2.24, 2.45) is 0 Å². The molecule has 0 aliphatic carbocycles. The summed E-state index contributed by atoms with van der Waals surface area (Å²) in [6, 6.07) is 7.34. The number of benzene rings is 1. The van der Waals surface area contributed by atoms with Gasteiger partial charge in [-0.3, -0.25) is 4.79 Å². The van der Waals surface area contributed by atoms with Crippen LogP contribution in [-0.2, 0) is 0 Å². The summed E-state index contributed by atoms with van der Waals surface area (Å²) in [5.41, 5.74) is -1.41. The third kappa shape index (κ3) is 3.01. The van der Waals surface area contributed by atoms with Gasteiger partial charge in [-0.25, -0.2) is 4.98 Å². The van der Waals surface area contributed by atoms with E-state index in [0.29, 0.717) is 10.7 Å². The molecule has 21 heavy (non-hydrogen) atoms. The van der Waals surface area contributed by atoms with E-state index < -0.39 is 11.1 Å². The predicted molar refractivity (Wildman–Crippen MR) is 84.6 cm³/mol. The first kappa shape index (κ1) is 15.7. The second-order valence-corrected chi connectivity index (χ2v) is 6.50. The monoisotopic (exact) mass is 306 g/mol. The van der Waals surface area contributed by atoms with Crippen molar-refractivity contribution >= 4 is 28.3 Å². The lowest BCUT2D eigenvalue weighted by molar-refractivity contribution is -0.00290. The van der Waals surface area contributed by atoms with Gasteiger partial charge in [-0.2, -0.15) is 0 Å². The third-order valence-electron chi connectivity index (χ3n) is 3.95. The Morgan fingerprint density at radius 3 is 2.33 bits per heavy atom. The van der Waals surface area contributed by atoms with E-state index in [1.165, 1.54) is 6.20 Å². The number of amides is 1. The molecule has 0 bridgehead atoms. The molecule has 2 aromatic rings. The number of aliphatic hydroxyl groups is 1. The van der Waals surface area contributed by atoms with Gasteiger partial charge in [-0.15, -0.1) is 0 Å². The zero-order valence-electron chi connectivity index (χ0n) is 12.6. The SMILES string of the molecule is CC(C)(O)C(C)(C)NC(=O)c1cnc(Cl)c2ccccc12. The van der Waals surface area contributed by atoms with Gasteiger partial charge in [-0.05, 0) is 33.1 Å². The van der Waals surface area contributed by atoms with Gasteiger partial charge in [0.2, 0.25) is 0 Å². The average molecular weight is 307 g/mol. The van der Waals surface area contributed by atoms with Crippen LogP contribution in [0.15, 0.2) is 30.5 Å². The van der Waals surface area contributed by atoms with Crippen LogP contribution in [0.1, 0.15) is 38.1 Å². The highest BCUT2D eigenvalue weighted by Crippen LogP contribution is 2.26. The van der Waals surface area contributed by atoms with Crippen molar-refractivity contribution in [1.82, 2.24) is 10.3 Å². The van der Waals surface area contributed by atoms with Crippen molar-refractivity contribution in [2.75, 3.05) is 0 Å². The zero-order valence-corrected chi connectivity index (χ0v) is 13.3. The maximum atomic E-state index is 12.5. The second-order valence-electron chi connectivity index (χ2n) is 6.15. The Kier molecular flexibility index (Phi) is 3.95. The number of fused-ring (bicyclic) bond motifs is 1. The molecule has 4 nitrogen and oxygen atoms in total. The standard InChI is InChI=1S/C16H19ClN2O2/c1-15(2,16(3,4)21)19-14(20)12-9-18-13(17)11-8-6-5-7-10(11)12/h5-9,21H,1-4H3,(H,19,20). The molecule has 1 heterocycles. The van der Waals surface area contributed by atoms with Crippen molar-refractivity contribution in [3.05, 3.63) is 41.2 Å². The van der Waals surface area contributed by atoms with Gasteiger partial charge < -0.3 is 10.4 Å². The number of carbonyl (C=O) groups is 1. The fourth-order valence-corrected chi connectivity index (χ4v) is 2.06. The molecule has 0 atom stereocenters. The minimum atomic E-state index is -1.06. The number of carbonyl (C=O) groups excluding carboxylic acids is 1. The van der Waals surface area contributed by atoms with Gasteiger partial charge in [0, 0.05) is 11.6 Å². The van der Waals surface area contributed by atoms with Gasteiger partial charge in [0.15, 0.2) is 0 Å². The smallest absolute Gasteiger partial charge is 0.253 e. The molecule has 1 amide bonds. The first-order valence-corrected chi connectivity index (χ1v) is 7.09. The molecule has 0 unspecified atom stereocenters. The van der Waals surface area contributed by atoms with Gasteiger partial charge >= 0.3 is 0 Å². The largest absolute Gasteiger partial charge is 0.388 e. The molecule has 112 valence electrons. The summed E-state index contributed by atoms with van der Waals surface area (Å²) in [4.78, 5) is 16.6. The van der Waals surface area contributed by atoms with Crippen LogP contribution in [0.3, 0.4) is 0 Å². The molecule has 2 rings (SSSR count). The van der Waals surface area contributed by atoms with E-state index in [1.54, 1.807) is 27.7 Å². The number of aromatic nitrogens is 1.